The van der Waals surface area contributed by atoms with Crippen LogP contribution in [0, 0.1) is 0 Å². The number of methoxy groups -OCH3 is 1. The lowest BCUT2D eigenvalue weighted by atomic mass is 10.3. The van der Waals surface area contributed by atoms with Crippen LogP contribution >= 0.6 is 11.3 Å². The summed E-state index contributed by atoms with van der Waals surface area (Å²) in [6, 6.07) is 3.95. The van der Waals surface area contributed by atoms with Crippen LogP contribution in [-0.2, 0) is 11.2 Å². The molecular weight excluding hydrogens is 302 g/mol. The molecule has 6 nitrogen and oxygen atoms in total. The van der Waals surface area contributed by atoms with Gasteiger partial charge in [0.15, 0.2) is 0 Å². The number of nitrogens with zero attached hydrogens (tertiary/aromatic N) is 3. The molecule has 2 aromatic rings. The van der Waals surface area contributed by atoms with Crippen molar-refractivity contribution in [2.45, 2.75) is 18.9 Å². The van der Waals surface area contributed by atoms with Crippen molar-refractivity contribution < 1.29 is 14.3 Å². The fraction of sp³-hybridized carbons (Fsp3) is 0.400. The fourth-order valence-electron chi connectivity index (χ4n) is 2.42. The number of aromatic nitrogens is 2. The van der Waals surface area contributed by atoms with Crippen LogP contribution in [0.25, 0.3) is 0 Å². The molecule has 0 bridgehead atoms. The van der Waals surface area contributed by atoms with E-state index >= 15 is 0 Å². The minimum Gasteiger partial charge on any atom is -0.477 e. The van der Waals surface area contributed by atoms with E-state index in [2.05, 4.69) is 9.97 Å². The molecule has 0 radical (unpaired) electrons. The minimum absolute atomic E-state index is 0.0714. The number of amides is 1. The summed E-state index contributed by atoms with van der Waals surface area (Å²) in [7, 11) is 1.53. The van der Waals surface area contributed by atoms with E-state index in [0.29, 0.717) is 31.3 Å². The normalized spacial score (nSPS) is 17.5. The number of carbonyl (C=O) groups is 1. The summed E-state index contributed by atoms with van der Waals surface area (Å²) in [6.45, 7) is 1.28. The predicted octanol–water partition coefficient (Wildman–Crippen LogP) is 1.77. The van der Waals surface area contributed by atoms with Crippen molar-refractivity contribution in [3.63, 3.8) is 0 Å². The number of hydrogen-bond donors (Lipinski definition) is 0. The van der Waals surface area contributed by atoms with Crippen LogP contribution in [0.3, 0.4) is 0 Å². The molecule has 0 aliphatic carbocycles. The first-order valence-corrected chi connectivity index (χ1v) is 7.96. The van der Waals surface area contributed by atoms with Gasteiger partial charge in [0.05, 0.1) is 20.1 Å². The number of carbonyl (C=O) groups excluding carboxylic acids is 1. The number of rotatable bonds is 5. The van der Waals surface area contributed by atoms with E-state index in [-0.39, 0.29) is 12.0 Å². The molecule has 0 unspecified atom stereocenters. The predicted molar refractivity (Wildman–Crippen MR) is 82.2 cm³/mol. The van der Waals surface area contributed by atoms with Crippen molar-refractivity contribution in [1.82, 2.24) is 14.9 Å². The van der Waals surface area contributed by atoms with Gasteiger partial charge in [0, 0.05) is 30.2 Å². The highest BCUT2D eigenvalue weighted by Crippen LogP contribution is 2.24. The zero-order valence-corrected chi connectivity index (χ0v) is 13.1. The molecule has 1 fully saturated rings. The zero-order chi connectivity index (χ0) is 15.4. The first kappa shape index (κ1) is 14.8. The topological polar surface area (TPSA) is 64.6 Å². The molecule has 3 heterocycles. The third-order valence-corrected chi connectivity index (χ3v) is 4.38. The lowest BCUT2D eigenvalue weighted by Crippen LogP contribution is -2.32. The second-order valence-corrected chi connectivity index (χ2v) is 6.03. The Kier molecular flexibility index (Phi) is 4.53. The van der Waals surface area contributed by atoms with Gasteiger partial charge in [-0.3, -0.25) is 4.79 Å². The third kappa shape index (κ3) is 3.36. The molecule has 0 saturated carbocycles. The molecule has 0 aromatic carbocycles. The van der Waals surface area contributed by atoms with Crippen molar-refractivity contribution in [2.75, 3.05) is 20.2 Å². The summed E-state index contributed by atoms with van der Waals surface area (Å²) in [5.41, 5.74) is 0. The Balaban J connectivity index is 1.57. The van der Waals surface area contributed by atoms with Crippen molar-refractivity contribution >= 4 is 17.2 Å². The van der Waals surface area contributed by atoms with Crippen molar-refractivity contribution in [1.29, 1.82) is 0 Å². The maximum absolute atomic E-state index is 12.3. The van der Waals surface area contributed by atoms with Crippen molar-refractivity contribution in [2.24, 2.45) is 0 Å². The molecule has 0 N–H and O–H groups in total. The lowest BCUT2D eigenvalue weighted by molar-refractivity contribution is -0.129. The molecule has 1 atom stereocenters. The van der Waals surface area contributed by atoms with Gasteiger partial charge >= 0.3 is 0 Å². The number of likely N-dealkylation sites (tertiary alicyclic amines) is 1. The molecule has 116 valence electrons. The first-order chi connectivity index (χ1) is 10.8. The zero-order valence-electron chi connectivity index (χ0n) is 12.3. The Morgan fingerprint density at radius 1 is 1.41 bits per heavy atom. The van der Waals surface area contributed by atoms with E-state index < -0.39 is 0 Å². The quantitative estimate of drug-likeness (QED) is 0.840. The molecule has 1 aliphatic rings. The van der Waals surface area contributed by atoms with Gasteiger partial charge in [0.1, 0.15) is 6.10 Å². The Hall–Kier alpha value is -2.15. The lowest BCUT2D eigenvalue weighted by Gasteiger charge is -2.17. The maximum Gasteiger partial charge on any atom is 0.278 e. The molecule has 2 aromatic heterocycles. The van der Waals surface area contributed by atoms with Crippen LogP contribution in [-0.4, -0.2) is 47.1 Å². The Bertz CT molecular complexity index is 633. The number of hydrogen-bond acceptors (Lipinski definition) is 6. The average molecular weight is 319 g/mol. The van der Waals surface area contributed by atoms with Gasteiger partial charge in [0.25, 0.3) is 11.8 Å². The first-order valence-electron chi connectivity index (χ1n) is 7.08. The second-order valence-electron chi connectivity index (χ2n) is 5.00. The van der Waals surface area contributed by atoms with E-state index in [1.54, 1.807) is 23.7 Å². The highest BCUT2D eigenvalue weighted by atomic mass is 32.1. The van der Waals surface area contributed by atoms with Crippen LogP contribution in [0.15, 0.2) is 29.9 Å². The highest BCUT2D eigenvalue weighted by Gasteiger charge is 2.28. The average Bonchev–Trinajstić information content (AvgIpc) is 3.19. The molecule has 1 aliphatic heterocycles. The van der Waals surface area contributed by atoms with E-state index in [9.17, 15) is 4.79 Å². The van der Waals surface area contributed by atoms with Crippen LogP contribution in [0.5, 0.6) is 11.8 Å². The Labute approximate surface area is 132 Å². The SMILES string of the molecule is COc1nccnc1O[C@@H]1CCN(C(=O)Cc2cccs2)C1. The minimum atomic E-state index is -0.0714. The van der Waals surface area contributed by atoms with E-state index in [1.165, 1.54) is 7.11 Å². The number of thiophene rings is 1. The summed E-state index contributed by atoms with van der Waals surface area (Å²) in [5, 5.41) is 1.98. The second kappa shape index (κ2) is 6.74. The Morgan fingerprint density at radius 2 is 2.23 bits per heavy atom. The summed E-state index contributed by atoms with van der Waals surface area (Å²) >= 11 is 1.60. The highest BCUT2D eigenvalue weighted by molar-refractivity contribution is 7.10. The van der Waals surface area contributed by atoms with Gasteiger partial charge in [-0.15, -0.1) is 11.3 Å². The van der Waals surface area contributed by atoms with Gasteiger partial charge in [0.2, 0.25) is 5.91 Å². The summed E-state index contributed by atoms with van der Waals surface area (Å²) in [6.07, 6.45) is 4.29. The maximum atomic E-state index is 12.3. The monoisotopic (exact) mass is 319 g/mol. The van der Waals surface area contributed by atoms with Crippen molar-refractivity contribution in [3.8, 4) is 11.8 Å². The smallest absolute Gasteiger partial charge is 0.278 e. The molecular formula is C15H17N3O3S. The van der Waals surface area contributed by atoms with Crippen LogP contribution in [0.1, 0.15) is 11.3 Å². The molecule has 3 rings (SSSR count). The third-order valence-electron chi connectivity index (χ3n) is 3.51. The molecule has 1 amide bonds. The van der Waals surface area contributed by atoms with Crippen LogP contribution in [0.2, 0.25) is 0 Å². The fourth-order valence-corrected chi connectivity index (χ4v) is 3.11. The summed E-state index contributed by atoms with van der Waals surface area (Å²) < 4.78 is 10.9. The summed E-state index contributed by atoms with van der Waals surface area (Å²) in [5.74, 6) is 0.882. The molecule has 0 spiro atoms. The molecule has 1 saturated heterocycles. The van der Waals surface area contributed by atoms with E-state index in [1.807, 2.05) is 22.4 Å². The van der Waals surface area contributed by atoms with E-state index in [4.69, 9.17) is 9.47 Å². The summed E-state index contributed by atoms with van der Waals surface area (Å²) in [4.78, 5) is 23.4. The van der Waals surface area contributed by atoms with Gasteiger partial charge in [-0.2, -0.15) is 0 Å². The molecule has 7 heteroatoms. The van der Waals surface area contributed by atoms with Crippen molar-refractivity contribution in [3.05, 3.63) is 34.8 Å². The van der Waals surface area contributed by atoms with Gasteiger partial charge in [-0.25, -0.2) is 9.97 Å². The van der Waals surface area contributed by atoms with Gasteiger partial charge in [-0.05, 0) is 11.4 Å². The Morgan fingerprint density at radius 3 is 2.95 bits per heavy atom. The largest absolute Gasteiger partial charge is 0.477 e. The van der Waals surface area contributed by atoms with Gasteiger partial charge in [-0.1, -0.05) is 6.07 Å². The van der Waals surface area contributed by atoms with Crippen LogP contribution < -0.4 is 9.47 Å². The van der Waals surface area contributed by atoms with E-state index in [0.717, 1.165) is 11.3 Å². The van der Waals surface area contributed by atoms with Gasteiger partial charge < -0.3 is 14.4 Å². The number of ether oxygens (including phenoxy) is 2. The molecule has 22 heavy (non-hydrogen) atoms. The van der Waals surface area contributed by atoms with Crippen LogP contribution in [0.4, 0.5) is 0 Å². The standard InChI is InChI=1S/C15H17N3O3S/c1-20-14-15(17-6-5-16-14)21-11-4-7-18(10-11)13(19)9-12-3-2-8-22-12/h2-3,5-6,8,11H,4,7,9-10H2,1H3/t11-/m1/s1.